The summed E-state index contributed by atoms with van der Waals surface area (Å²) in [4.78, 5) is 21.0. The zero-order valence-corrected chi connectivity index (χ0v) is 17.1. The number of aromatic nitrogens is 2. The highest BCUT2D eigenvalue weighted by Gasteiger charge is 2.10. The van der Waals surface area contributed by atoms with Crippen LogP contribution in [0.15, 0.2) is 89.5 Å². The number of carbonyl (C=O) groups is 1. The Bertz CT molecular complexity index is 1200. The molecule has 3 aromatic carbocycles. The predicted octanol–water partition coefficient (Wildman–Crippen LogP) is 6.09. The van der Waals surface area contributed by atoms with Crippen LogP contribution in [-0.2, 0) is 0 Å². The Morgan fingerprint density at radius 3 is 2.57 bits per heavy atom. The molecule has 7 heteroatoms. The molecule has 0 radical (unpaired) electrons. The molecule has 0 saturated heterocycles. The van der Waals surface area contributed by atoms with E-state index in [9.17, 15) is 9.18 Å². The highest BCUT2D eigenvalue weighted by Crippen LogP contribution is 2.24. The third-order valence-electron chi connectivity index (χ3n) is 4.13. The third-order valence-corrected chi connectivity index (χ3v) is 4.66. The number of benzene rings is 3. The predicted molar refractivity (Wildman–Crippen MR) is 116 cm³/mol. The number of anilines is 1. The molecule has 1 heterocycles. The van der Waals surface area contributed by atoms with Crippen LogP contribution in [0.25, 0.3) is 11.4 Å². The van der Waals surface area contributed by atoms with E-state index >= 15 is 0 Å². The van der Waals surface area contributed by atoms with Crippen molar-refractivity contribution in [3.63, 3.8) is 0 Å². The Balaban J connectivity index is 1.51. The average Bonchev–Trinajstić information content (AvgIpc) is 2.76. The number of hydrogen-bond acceptors (Lipinski definition) is 4. The minimum absolute atomic E-state index is 0.258. The van der Waals surface area contributed by atoms with Gasteiger partial charge in [-0.3, -0.25) is 4.79 Å². The van der Waals surface area contributed by atoms with Gasteiger partial charge in [0.2, 0.25) is 5.88 Å². The lowest BCUT2D eigenvalue weighted by molar-refractivity contribution is 0.102. The second-order valence-corrected chi connectivity index (χ2v) is 7.24. The fourth-order valence-electron chi connectivity index (χ4n) is 2.72. The quantitative estimate of drug-likeness (QED) is 0.388. The zero-order chi connectivity index (χ0) is 20.9. The first-order valence-electron chi connectivity index (χ1n) is 9.01. The number of amides is 1. The number of nitrogens with one attached hydrogen (secondary N) is 1. The van der Waals surface area contributed by atoms with Crippen molar-refractivity contribution in [2.24, 2.45) is 0 Å². The maximum absolute atomic E-state index is 13.5. The Morgan fingerprint density at radius 2 is 1.77 bits per heavy atom. The zero-order valence-electron chi connectivity index (χ0n) is 15.5. The first kappa shape index (κ1) is 19.7. The minimum Gasteiger partial charge on any atom is -0.439 e. The number of ether oxygens (including phenoxy) is 1. The molecule has 30 heavy (non-hydrogen) atoms. The molecule has 0 spiro atoms. The Morgan fingerprint density at radius 1 is 0.967 bits per heavy atom. The van der Waals surface area contributed by atoms with Gasteiger partial charge in [-0.05, 0) is 54.6 Å². The van der Waals surface area contributed by atoms with Crippen molar-refractivity contribution in [2.75, 3.05) is 5.32 Å². The van der Waals surface area contributed by atoms with E-state index in [-0.39, 0.29) is 17.6 Å². The maximum atomic E-state index is 13.5. The van der Waals surface area contributed by atoms with Gasteiger partial charge in [0.25, 0.3) is 5.91 Å². The van der Waals surface area contributed by atoms with Crippen LogP contribution < -0.4 is 10.1 Å². The minimum atomic E-state index is -0.369. The van der Waals surface area contributed by atoms with Crippen LogP contribution in [0.2, 0.25) is 0 Å². The summed E-state index contributed by atoms with van der Waals surface area (Å²) < 4.78 is 20.2. The van der Waals surface area contributed by atoms with Gasteiger partial charge in [-0.1, -0.05) is 34.1 Å². The van der Waals surface area contributed by atoms with Crippen LogP contribution in [-0.4, -0.2) is 15.9 Å². The smallest absolute Gasteiger partial charge is 0.255 e. The largest absolute Gasteiger partial charge is 0.439 e. The monoisotopic (exact) mass is 463 g/mol. The van der Waals surface area contributed by atoms with Crippen molar-refractivity contribution < 1.29 is 13.9 Å². The average molecular weight is 464 g/mol. The van der Waals surface area contributed by atoms with E-state index in [0.717, 1.165) is 4.47 Å². The van der Waals surface area contributed by atoms with Crippen LogP contribution in [0.5, 0.6) is 11.6 Å². The molecule has 4 aromatic rings. The summed E-state index contributed by atoms with van der Waals surface area (Å²) in [7, 11) is 0. The molecule has 1 amide bonds. The van der Waals surface area contributed by atoms with Gasteiger partial charge in [0, 0.05) is 33.6 Å². The van der Waals surface area contributed by atoms with E-state index in [4.69, 9.17) is 4.74 Å². The van der Waals surface area contributed by atoms with Crippen molar-refractivity contribution in [1.82, 2.24) is 9.97 Å². The van der Waals surface area contributed by atoms with Crippen molar-refractivity contribution in [2.45, 2.75) is 0 Å². The van der Waals surface area contributed by atoms with Gasteiger partial charge in [-0.15, -0.1) is 0 Å². The maximum Gasteiger partial charge on any atom is 0.255 e. The molecule has 148 valence electrons. The molecule has 0 saturated carbocycles. The first-order valence-corrected chi connectivity index (χ1v) is 9.80. The molecule has 1 N–H and O–H groups in total. The van der Waals surface area contributed by atoms with E-state index < -0.39 is 0 Å². The highest BCUT2D eigenvalue weighted by atomic mass is 79.9. The van der Waals surface area contributed by atoms with Crippen LogP contribution in [0, 0.1) is 5.82 Å². The van der Waals surface area contributed by atoms with Crippen LogP contribution >= 0.6 is 15.9 Å². The molecule has 0 bridgehead atoms. The van der Waals surface area contributed by atoms with Gasteiger partial charge in [0.15, 0.2) is 5.82 Å². The van der Waals surface area contributed by atoms with Crippen molar-refractivity contribution in [1.29, 1.82) is 0 Å². The van der Waals surface area contributed by atoms with E-state index in [2.05, 4.69) is 31.2 Å². The molecule has 4 rings (SSSR count). The van der Waals surface area contributed by atoms with Crippen LogP contribution in [0.3, 0.4) is 0 Å². The number of nitrogens with zero attached hydrogens (tertiary/aromatic N) is 2. The lowest BCUT2D eigenvalue weighted by atomic mass is 10.2. The topological polar surface area (TPSA) is 64.1 Å². The first-order chi connectivity index (χ1) is 14.6. The molecule has 0 aliphatic carbocycles. The molecule has 0 aliphatic heterocycles. The standard InChI is InChI=1S/C23H15BrFN3O2/c24-17-7-9-19(10-8-17)27-23(29)16-4-2-6-20(14-16)30-21-11-12-26-22(28-21)15-3-1-5-18(25)13-15/h1-14H,(H,27,29). The Labute approximate surface area is 180 Å². The van der Waals surface area contributed by atoms with E-state index in [0.29, 0.717) is 28.4 Å². The van der Waals surface area contributed by atoms with Crippen LogP contribution in [0.1, 0.15) is 10.4 Å². The Hall–Kier alpha value is -3.58. The number of carbonyl (C=O) groups excluding carboxylic acids is 1. The SMILES string of the molecule is O=C(Nc1ccc(Br)cc1)c1cccc(Oc2ccnc(-c3cccc(F)c3)n2)c1. The van der Waals surface area contributed by atoms with E-state index in [1.54, 1.807) is 54.6 Å². The van der Waals surface area contributed by atoms with Crippen molar-refractivity contribution in [3.8, 4) is 23.0 Å². The van der Waals surface area contributed by atoms with E-state index in [1.165, 1.54) is 18.3 Å². The van der Waals surface area contributed by atoms with Gasteiger partial charge in [-0.25, -0.2) is 9.37 Å². The third kappa shape index (κ3) is 4.87. The summed E-state index contributed by atoms with van der Waals surface area (Å²) >= 11 is 3.36. The number of halogens is 2. The molecule has 5 nitrogen and oxygen atoms in total. The summed E-state index contributed by atoms with van der Waals surface area (Å²) in [5.41, 5.74) is 1.67. The summed E-state index contributed by atoms with van der Waals surface area (Å²) in [5, 5.41) is 2.84. The summed E-state index contributed by atoms with van der Waals surface area (Å²) in [5.74, 6) is 0.450. The lowest BCUT2D eigenvalue weighted by Gasteiger charge is -2.09. The molecule has 0 aliphatic rings. The Kier molecular flexibility index (Phi) is 5.81. The molecule has 0 atom stereocenters. The second kappa shape index (κ2) is 8.84. The molecule has 0 fully saturated rings. The number of hydrogen-bond donors (Lipinski definition) is 1. The van der Waals surface area contributed by atoms with Gasteiger partial charge < -0.3 is 10.1 Å². The lowest BCUT2D eigenvalue weighted by Crippen LogP contribution is -2.11. The van der Waals surface area contributed by atoms with Gasteiger partial charge in [-0.2, -0.15) is 4.98 Å². The van der Waals surface area contributed by atoms with E-state index in [1.807, 2.05) is 12.1 Å². The molecule has 0 unspecified atom stereocenters. The fourth-order valence-corrected chi connectivity index (χ4v) is 2.99. The molecule has 1 aromatic heterocycles. The summed E-state index contributed by atoms with van der Waals surface area (Å²) in [6.07, 6.45) is 1.53. The second-order valence-electron chi connectivity index (χ2n) is 6.32. The summed E-state index contributed by atoms with van der Waals surface area (Å²) in [6.45, 7) is 0. The fraction of sp³-hybridized carbons (Fsp3) is 0. The van der Waals surface area contributed by atoms with Gasteiger partial charge in [0.1, 0.15) is 11.6 Å². The molecular formula is C23H15BrFN3O2. The van der Waals surface area contributed by atoms with Gasteiger partial charge in [0.05, 0.1) is 0 Å². The summed E-state index contributed by atoms with van der Waals surface area (Å²) in [6, 6.07) is 21.7. The molecular weight excluding hydrogens is 449 g/mol. The van der Waals surface area contributed by atoms with Gasteiger partial charge >= 0.3 is 0 Å². The number of rotatable bonds is 5. The van der Waals surface area contributed by atoms with Crippen LogP contribution in [0.4, 0.5) is 10.1 Å². The highest BCUT2D eigenvalue weighted by molar-refractivity contribution is 9.10. The van der Waals surface area contributed by atoms with Crippen molar-refractivity contribution in [3.05, 3.63) is 101 Å². The van der Waals surface area contributed by atoms with Crippen molar-refractivity contribution >= 4 is 27.5 Å². The normalized spacial score (nSPS) is 10.5.